The summed E-state index contributed by atoms with van der Waals surface area (Å²) in [4.78, 5) is 24.0. The van der Waals surface area contributed by atoms with Gasteiger partial charge in [0.15, 0.2) is 0 Å². The molecule has 1 aromatic rings. The van der Waals surface area contributed by atoms with Gasteiger partial charge in [-0.05, 0) is 31.2 Å². The van der Waals surface area contributed by atoms with Gasteiger partial charge in [-0.25, -0.2) is 0 Å². The summed E-state index contributed by atoms with van der Waals surface area (Å²) >= 11 is 1.64. The van der Waals surface area contributed by atoms with Crippen LogP contribution in [0.15, 0.2) is 5.38 Å². The lowest BCUT2D eigenvalue weighted by molar-refractivity contribution is -0.140. The van der Waals surface area contributed by atoms with Gasteiger partial charge in [-0.1, -0.05) is 6.92 Å². The van der Waals surface area contributed by atoms with E-state index in [4.69, 9.17) is 5.11 Å². The third kappa shape index (κ3) is 2.72. The van der Waals surface area contributed by atoms with Gasteiger partial charge in [0.05, 0.1) is 11.5 Å². The Hall–Kier alpha value is -1.36. The first-order chi connectivity index (χ1) is 8.59. The molecule has 1 aliphatic carbocycles. The van der Waals surface area contributed by atoms with E-state index in [9.17, 15) is 9.59 Å². The number of carboxylic acid groups (broad SMARTS) is 1. The SMILES string of the molecule is CC(CNC(=O)c1csc2c1CCCC2)C(=O)O. The Morgan fingerprint density at radius 2 is 2.17 bits per heavy atom. The molecule has 0 radical (unpaired) electrons. The van der Waals surface area contributed by atoms with E-state index in [-0.39, 0.29) is 12.5 Å². The van der Waals surface area contributed by atoms with Crippen molar-refractivity contribution in [1.29, 1.82) is 0 Å². The number of aryl methyl sites for hydroxylation is 1. The number of carboxylic acids is 1. The molecule has 0 saturated carbocycles. The minimum absolute atomic E-state index is 0.137. The summed E-state index contributed by atoms with van der Waals surface area (Å²) in [7, 11) is 0. The molecule has 2 rings (SSSR count). The third-order valence-corrected chi connectivity index (χ3v) is 4.38. The zero-order valence-electron chi connectivity index (χ0n) is 10.4. The Morgan fingerprint density at radius 1 is 1.44 bits per heavy atom. The molecular formula is C13H17NO3S. The van der Waals surface area contributed by atoms with E-state index in [0.717, 1.165) is 24.8 Å². The van der Waals surface area contributed by atoms with Crippen molar-refractivity contribution < 1.29 is 14.7 Å². The predicted molar refractivity (Wildman–Crippen MR) is 70.1 cm³/mol. The molecule has 98 valence electrons. The fourth-order valence-electron chi connectivity index (χ4n) is 2.11. The van der Waals surface area contributed by atoms with E-state index in [1.807, 2.05) is 5.38 Å². The highest BCUT2D eigenvalue weighted by Gasteiger charge is 2.20. The van der Waals surface area contributed by atoms with Crippen LogP contribution in [-0.2, 0) is 17.6 Å². The van der Waals surface area contributed by atoms with Gasteiger partial charge >= 0.3 is 5.97 Å². The van der Waals surface area contributed by atoms with Crippen molar-refractivity contribution in [3.05, 3.63) is 21.4 Å². The summed E-state index contributed by atoms with van der Waals surface area (Å²) in [5, 5.41) is 13.4. The first-order valence-corrected chi connectivity index (χ1v) is 7.07. The van der Waals surface area contributed by atoms with Crippen molar-refractivity contribution >= 4 is 23.2 Å². The van der Waals surface area contributed by atoms with Gasteiger partial charge in [0, 0.05) is 16.8 Å². The monoisotopic (exact) mass is 267 g/mol. The summed E-state index contributed by atoms with van der Waals surface area (Å²) in [6, 6.07) is 0. The molecule has 5 heteroatoms. The maximum absolute atomic E-state index is 12.0. The number of hydrogen-bond acceptors (Lipinski definition) is 3. The summed E-state index contributed by atoms with van der Waals surface area (Å²) in [6.45, 7) is 1.77. The lowest BCUT2D eigenvalue weighted by atomic mass is 9.95. The van der Waals surface area contributed by atoms with Gasteiger partial charge in [0.2, 0.25) is 0 Å². The van der Waals surface area contributed by atoms with Crippen LogP contribution < -0.4 is 5.32 Å². The molecule has 1 atom stereocenters. The van der Waals surface area contributed by atoms with Crippen molar-refractivity contribution in [3.63, 3.8) is 0 Å². The second-order valence-corrected chi connectivity index (χ2v) is 5.67. The van der Waals surface area contributed by atoms with Crippen LogP contribution in [0.1, 0.15) is 40.6 Å². The number of nitrogens with one attached hydrogen (secondary N) is 1. The molecule has 0 spiro atoms. The van der Waals surface area contributed by atoms with Crippen LogP contribution in [0.2, 0.25) is 0 Å². The highest BCUT2D eigenvalue weighted by Crippen LogP contribution is 2.30. The number of rotatable bonds is 4. The molecule has 0 bridgehead atoms. The quantitative estimate of drug-likeness (QED) is 0.877. The molecule has 2 N–H and O–H groups in total. The fourth-order valence-corrected chi connectivity index (χ4v) is 3.24. The molecule has 0 aromatic carbocycles. The molecule has 1 amide bonds. The Labute approximate surface area is 110 Å². The van der Waals surface area contributed by atoms with Gasteiger partial charge in [-0.3, -0.25) is 9.59 Å². The van der Waals surface area contributed by atoms with E-state index in [1.165, 1.54) is 16.9 Å². The van der Waals surface area contributed by atoms with E-state index >= 15 is 0 Å². The molecule has 0 saturated heterocycles. The lowest BCUT2D eigenvalue weighted by Crippen LogP contribution is -2.31. The van der Waals surface area contributed by atoms with Crippen molar-refractivity contribution in [2.75, 3.05) is 6.54 Å². The van der Waals surface area contributed by atoms with Gasteiger partial charge in [-0.2, -0.15) is 0 Å². The number of thiophene rings is 1. The Kier molecular flexibility index (Phi) is 4.01. The molecule has 4 nitrogen and oxygen atoms in total. The minimum Gasteiger partial charge on any atom is -0.481 e. The fraction of sp³-hybridized carbons (Fsp3) is 0.538. The van der Waals surface area contributed by atoms with Crippen molar-refractivity contribution in [3.8, 4) is 0 Å². The van der Waals surface area contributed by atoms with Crippen LogP contribution in [0.4, 0.5) is 0 Å². The number of hydrogen-bond donors (Lipinski definition) is 2. The van der Waals surface area contributed by atoms with E-state index < -0.39 is 11.9 Å². The van der Waals surface area contributed by atoms with Crippen LogP contribution in [0.25, 0.3) is 0 Å². The van der Waals surface area contributed by atoms with E-state index in [2.05, 4.69) is 5.32 Å². The Balaban J connectivity index is 2.01. The van der Waals surface area contributed by atoms with Crippen LogP contribution >= 0.6 is 11.3 Å². The number of fused-ring (bicyclic) bond motifs is 1. The zero-order valence-corrected chi connectivity index (χ0v) is 11.2. The highest BCUT2D eigenvalue weighted by molar-refractivity contribution is 7.10. The molecule has 1 unspecified atom stereocenters. The van der Waals surface area contributed by atoms with Crippen molar-refractivity contribution in [2.45, 2.75) is 32.6 Å². The Morgan fingerprint density at radius 3 is 2.89 bits per heavy atom. The van der Waals surface area contributed by atoms with E-state index in [0.29, 0.717) is 0 Å². The summed E-state index contributed by atoms with van der Waals surface area (Å²) in [5.74, 6) is -1.58. The third-order valence-electron chi connectivity index (χ3n) is 3.30. The smallest absolute Gasteiger partial charge is 0.308 e. The highest BCUT2D eigenvalue weighted by atomic mass is 32.1. The average Bonchev–Trinajstić information content (AvgIpc) is 2.79. The standard InChI is InChI=1S/C13H17NO3S/c1-8(13(16)17)6-14-12(15)10-7-18-11-5-3-2-4-9(10)11/h7-8H,2-6H2,1H3,(H,14,15)(H,16,17). The van der Waals surface area contributed by atoms with Crippen LogP contribution in [0.5, 0.6) is 0 Å². The molecule has 0 fully saturated rings. The maximum atomic E-state index is 12.0. The summed E-state index contributed by atoms with van der Waals surface area (Å²) in [5.41, 5.74) is 1.92. The van der Waals surface area contributed by atoms with Crippen molar-refractivity contribution in [2.24, 2.45) is 5.92 Å². The normalized spacial score (nSPS) is 15.8. The molecule has 0 aliphatic heterocycles. The second kappa shape index (κ2) is 5.52. The largest absolute Gasteiger partial charge is 0.481 e. The molecule has 1 heterocycles. The number of aliphatic carboxylic acids is 1. The average molecular weight is 267 g/mol. The summed E-state index contributed by atoms with van der Waals surface area (Å²) < 4.78 is 0. The first-order valence-electron chi connectivity index (χ1n) is 6.20. The Bertz CT molecular complexity index is 467. The molecule has 18 heavy (non-hydrogen) atoms. The van der Waals surface area contributed by atoms with Crippen molar-refractivity contribution in [1.82, 2.24) is 5.32 Å². The number of carbonyl (C=O) groups is 2. The molecular weight excluding hydrogens is 250 g/mol. The topological polar surface area (TPSA) is 66.4 Å². The van der Waals surface area contributed by atoms with Crippen LogP contribution in [0.3, 0.4) is 0 Å². The predicted octanol–water partition coefficient (Wildman–Crippen LogP) is 2.08. The zero-order chi connectivity index (χ0) is 13.1. The lowest BCUT2D eigenvalue weighted by Gasteiger charge is -2.13. The van der Waals surface area contributed by atoms with Crippen LogP contribution in [-0.4, -0.2) is 23.5 Å². The van der Waals surface area contributed by atoms with E-state index in [1.54, 1.807) is 18.3 Å². The maximum Gasteiger partial charge on any atom is 0.308 e. The first kappa shape index (κ1) is 13.1. The molecule has 1 aromatic heterocycles. The van der Waals surface area contributed by atoms with Gasteiger partial charge in [0.25, 0.3) is 5.91 Å². The van der Waals surface area contributed by atoms with Gasteiger partial charge < -0.3 is 10.4 Å². The number of amides is 1. The number of carbonyl (C=O) groups excluding carboxylic acids is 1. The van der Waals surface area contributed by atoms with Gasteiger partial charge in [-0.15, -0.1) is 11.3 Å². The van der Waals surface area contributed by atoms with Crippen LogP contribution in [0, 0.1) is 5.92 Å². The molecule has 1 aliphatic rings. The van der Waals surface area contributed by atoms with Gasteiger partial charge in [0.1, 0.15) is 0 Å². The minimum atomic E-state index is -0.886. The second-order valence-electron chi connectivity index (χ2n) is 4.71. The summed E-state index contributed by atoms with van der Waals surface area (Å²) in [6.07, 6.45) is 4.37.